The van der Waals surface area contributed by atoms with Crippen LogP contribution < -0.4 is 10.2 Å². The van der Waals surface area contributed by atoms with E-state index in [4.69, 9.17) is 0 Å². The molecule has 0 unspecified atom stereocenters. The SMILES string of the molecule is CC(C)c1cc(N(C)C)nc(SCc2cccc(C(=O)NC3CC3)c2)n1. The molecule has 138 valence electrons. The molecule has 1 aromatic carbocycles. The van der Waals surface area contributed by atoms with Crippen LogP contribution in [0.1, 0.15) is 54.2 Å². The zero-order valence-corrected chi connectivity index (χ0v) is 16.6. The number of anilines is 1. The number of nitrogens with zero attached hydrogens (tertiary/aromatic N) is 3. The molecule has 0 spiro atoms. The Bertz CT molecular complexity index is 761. The normalized spacial score (nSPS) is 13.7. The first-order valence-electron chi connectivity index (χ1n) is 9.01. The van der Waals surface area contributed by atoms with Gasteiger partial charge in [0, 0.05) is 43.2 Å². The largest absolute Gasteiger partial charge is 0.363 e. The lowest BCUT2D eigenvalue weighted by Crippen LogP contribution is -2.25. The first-order valence-corrected chi connectivity index (χ1v) is 10.00. The Morgan fingerprint density at radius 3 is 2.69 bits per heavy atom. The molecule has 1 N–H and O–H groups in total. The number of aromatic nitrogens is 2. The number of rotatable bonds is 7. The molecule has 26 heavy (non-hydrogen) atoms. The summed E-state index contributed by atoms with van der Waals surface area (Å²) in [5, 5.41) is 3.81. The highest BCUT2D eigenvalue weighted by Gasteiger charge is 2.23. The Hall–Kier alpha value is -2.08. The predicted octanol–water partition coefficient (Wildman–Crippen LogP) is 3.85. The molecule has 1 heterocycles. The molecule has 5 nitrogen and oxygen atoms in total. The first-order chi connectivity index (χ1) is 12.4. The van der Waals surface area contributed by atoms with Crippen molar-refractivity contribution in [2.75, 3.05) is 19.0 Å². The Morgan fingerprint density at radius 1 is 1.27 bits per heavy atom. The monoisotopic (exact) mass is 370 g/mol. The van der Waals surface area contributed by atoms with Gasteiger partial charge in [-0.25, -0.2) is 9.97 Å². The van der Waals surface area contributed by atoms with Gasteiger partial charge in [0.05, 0.1) is 0 Å². The van der Waals surface area contributed by atoms with Crippen LogP contribution in [0.4, 0.5) is 5.82 Å². The van der Waals surface area contributed by atoms with Gasteiger partial charge in [-0.15, -0.1) is 0 Å². The summed E-state index contributed by atoms with van der Waals surface area (Å²) in [4.78, 5) is 23.5. The van der Waals surface area contributed by atoms with E-state index in [1.165, 1.54) is 0 Å². The van der Waals surface area contributed by atoms with Crippen molar-refractivity contribution >= 4 is 23.5 Å². The summed E-state index contributed by atoms with van der Waals surface area (Å²) < 4.78 is 0. The highest BCUT2D eigenvalue weighted by Crippen LogP contribution is 2.25. The Morgan fingerprint density at radius 2 is 2.04 bits per heavy atom. The minimum atomic E-state index is 0.0206. The quantitative estimate of drug-likeness (QED) is 0.593. The summed E-state index contributed by atoms with van der Waals surface area (Å²) in [6.45, 7) is 4.27. The van der Waals surface area contributed by atoms with Gasteiger partial charge in [0.25, 0.3) is 5.91 Å². The number of carbonyl (C=O) groups is 1. The lowest BCUT2D eigenvalue weighted by molar-refractivity contribution is 0.0951. The summed E-state index contributed by atoms with van der Waals surface area (Å²) in [5.74, 6) is 2.03. The number of thioether (sulfide) groups is 1. The van der Waals surface area contributed by atoms with Gasteiger partial charge in [0.2, 0.25) is 0 Å². The van der Waals surface area contributed by atoms with E-state index in [0.29, 0.717) is 12.0 Å². The average Bonchev–Trinajstić information content (AvgIpc) is 3.43. The van der Waals surface area contributed by atoms with Crippen LogP contribution >= 0.6 is 11.8 Å². The van der Waals surface area contributed by atoms with Crippen molar-refractivity contribution in [2.24, 2.45) is 0 Å². The molecule has 0 bridgehead atoms. The molecular formula is C20H26N4OS. The van der Waals surface area contributed by atoms with Crippen molar-refractivity contribution < 1.29 is 4.79 Å². The Balaban J connectivity index is 1.71. The fourth-order valence-electron chi connectivity index (χ4n) is 2.47. The number of carbonyl (C=O) groups excluding carboxylic acids is 1. The second-order valence-electron chi connectivity index (χ2n) is 7.22. The zero-order valence-electron chi connectivity index (χ0n) is 15.8. The van der Waals surface area contributed by atoms with E-state index < -0.39 is 0 Å². The standard InChI is InChI=1S/C20H26N4OS/c1-13(2)17-11-18(24(3)4)23-20(22-17)26-12-14-6-5-7-15(10-14)19(25)21-16-8-9-16/h5-7,10-11,13,16H,8-9,12H2,1-4H3,(H,21,25). The van der Waals surface area contributed by atoms with Gasteiger partial charge >= 0.3 is 0 Å². The highest BCUT2D eigenvalue weighted by molar-refractivity contribution is 7.98. The summed E-state index contributed by atoms with van der Waals surface area (Å²) in [6.07, 6.45) is 2.19. The van der Waals surface area contributed by atoms with Crippen LogP contribution in [0, 0.1) is 0 Å². The predicted molar refractivity (Wildman–Crippen MR) is 107 cm³/mol. The highest BCUT2D eigenvalue weighted by atomic mass is 32.2. The lowest BCUT2D eigenvalue weighted by Gasteiger charge is -2.15. The summed E-state index contributed by atoms with van der Waals surface area (Å²) in [6, 6.07) is 10.2. The molecule has 1 amide bonds. The van der Waals surface area contributed by atoms with E-state index in [9.17, 15) is 4.79 Å². The molecular weight excluding hydrogens is 344 g/mol. The fourth-order valence-corrected chi connectivity index (χ4v) is 3.27. The third-order valence-corrected chi connectivity index (χ3v) is 5.15. The van der Waals surface area contributed by atoms with Gasteiger partial charge in [-0.3, -0.25) is 4.79 Å². The van der Waals surface area contributed by atoms with Gasteiger partial charge in [-0.2, -0.15) is 0 Å². The molecule has 6 heteroatoms. The number of benzene rings is 1. The number of nitrogens with one attached hydrogen (secondary N) is 1. The Kier molecular flexibility index (Phi) is 5.81. The average molecular weight is 371 g/mol. The van der Waals surface area contributed by atoms with Gasteiger partial charge in [0.15, 0.2) is 5.16 Å². The van der Waals surface area contributed by atoms with E-state index in [1.807, 2.05) is 49.3 Å². The maximum Gasteiger partial charge on any atom is 0.251 e. The van der Waals surface area contributed by atoms with E-state index in [0.717, 1.165) is 46.4 Å². The van der Waals surface area contributed by atoms with Crippen molar-refractivity contribution in [3.05, 3.63) is 47.2 Å². The molecule has 1 saturated carbocycles. The van der Waals surface area contributed by atoms with Gasteiger partial charge in [-0.1, -0.05) is 37.7 Å². The molecule has 1 fully saturated rings. The second kappa shape index (κ2) is 8.08. The summed E-state index contributed by atoms with van der Waals surface area (Å²) in [5.41, 5.74) is 2.87. The van der Waals surface area contributed by atoms with Crippen LogP contribution in [0.25, 0.3) is 0 Å². The van der Waals surface area contributed by atoms with Crippen LogP contribution in [-0.4, -0.2) is 36.0 Å². The number of amides is 1. The molecule has 0 saturated heterocycles. The van der Waals surface area contributed by atoms with Crippen molar-refractivity contribution in [3.8, 4) is 0 Å². The van der Waals surface area contributed by atoms with E-state index in [2.05, 4.69) is 29.1 Å². The van der Waals surface area contributed by atoms with Crippen molar-refractivity contribution in [2.45, 2.75) is 49.6 Å². The topological polar surface area (TPSA) is 58.1 Å². The molecule has 1 aromatic heterocycles. The van der Waals surface area contributed by atoms with Crippen LogP contribution in [-0.2, 0) is 5.75 Å². The van der Waals surface area contributed by atoms with Crippen LogP contribution in [0.3, 0.4) is 0 Å². The molecule has 2 aromatic rings. The van der Waals surface area contributed by atoms with E-state index in [1.54, 1.807) is 11.8 Å². The van der Waals surface area contributed by atoms with Crippen molar-refractivity contribution in [3.63, 3.8) is 0 Å². The van der Waals surface area contributed by atoms with Gasteiger partial charge in [0.1, 0.15) is 5.82 Å². The lowest BCUT2D eigenvalue weighted by atomic mass is 10.1. The third-order valence-electron chi connectivity index (χ3n) is 4.23. The van der Waals surface area contributed by atoms with E-state index >= 15 is 0 Å². The minimum absolute atomic E-state index is 0.0206. The molecule has 0 aliphatic heterocycles. The number of hydrogen-bond donors (Lipinski definition) is 1. The zero-order chi connectivity index (χ0) is 18.7. The number of hydrogen-bond acceptors (Lipinski definition) is 5. The van der Waals surface area contributed by atoms with Gasteiger partial charge in [-0.05, 0) is 36.5 Å². The fraction of sp³-hybridized carbons (Fsp3) is 0.450. The van der Waals surface area contributed by atoms with Crippen molar-refractivity contribution in [1.82, 2.24) is 15.3 Å². The third kappa shape index (κ3) is 4.97. The molecule has 1 aliphatic rings. The van der Waals surface area contributed by atoms with Gasteiger partial charge < -0.3 is 10.2 Å². The molecule has 1 aliphatic carbocycles. The molecule has 0 atom stereocenters. The Labute approximate surface area is 159 Å². The molecule has 0 radical (unpaired) electrons. The van der Waals surface area contributed by atoms with E-state index in [-0.39, 0.29) is 5.91 Å². The van der Waals surface area contributed by atoms with Crippen LogP contribution in [0.5, 0.6) is 0 Å². The van der Waals surface area contributed by atoms with Crippen molar-refractivity contribution in [1.29, 1.82) is 0 Å². The maximum absolute atomic E-state index is 12.2. The van der Waals surface area contributed by atoms with Crippen LogP contribution in [0.15, 0.2) is 35.5 Å². The minimum Gasteiger partial charge on any atom is -0.363 e. The molecule has 3 rings (SSSR count). The first kappa shape index (κ1) is 18.7. The maximum atomic E-state index is 12.2. The second-order valence-corrected chi connectivity index (χ2v) is 8.16. The van der Waals surface area contributed by atoms with Crippen LogP contribution in [0.2, 0.25) is 0 Å². The smallest absolute Gasteiger partial charge is 0.251 e. The summed E-state index contributed by atoms with van der Waals surface area (Å²) in [7, 11) is 3.98. The summed E-state index contributed by atoms with van der Waals surface area (Å²) >= 11 is 1.60.